The second-order valence-electron chi connectivity index (χ2n) is 4.24. The highest BCUT2D eigenvalue weighted by Crippen LogP contribution is 2.17. The summed E-state index contributed by atoms with van der Waals surface area (Å²) in [6.45, 7) is 0. The number of benzene rings is 1. The highest BCUT2D eigenvalue weighted by atomic mass is 16.4. The number of nitrogens with one attached hydrogen (secondary N) is 1. The number of nitrogens with zero attached hydrogens (tertiary/aromatic N) is 2. The lowest BCUT2D eigenvalue weighted by Crippen LogP contribution is -2.19. The quantitative estimate of drug-likeness (QED) is 0.747. The number of aromatic nitrogens is 2. The molecule has 0 unspecified atom stereocenters. The number of hydrogen-bond donors (Lipinski definition) is 3. The van der Waals surface area contributed by atoms with Gasteiger partial charge in [-0.05, 0) is 24.3 Å². The predicted octanol–water partition coefficient (Wildman–Crippen LogP) is 0.512. The number of aromatic carboxylic acids is 1. The number of carboxylic acids is 1. The molecule has 19 heavy (non-hydrogen) atoms. The standard InChI is InChI=1S/C12H14N4O3/c1-15(2)7-3-5-8(6-4-7)16-9(11(17)18)10(13)14-12(16)19/h3-6H,13H2,1-2H3,(H,14,19)(H,17,18). The second-order valence-corrected chi connectivity index (χ2v) is 4.24. The van der Waals surface area contributed by atoms with Crippen LogP contribution in [0.25, 0.3) is 5.69 Å². The van der Waals surface area contributed by atoms with Crippen molar-refractivity contribution in [1.29, 1.82) is 0 Å². The minimum atomic E-state index is -1.26. The minimum Gasteiger partial charge on any atom is -0.476 e. The number of aromatic amines is 1. The number of hydrogen-bond acceptors (Lipinski definition) is 4. The largest absolute Gasteiger partial charge is 0.476 e. The van der Waals surface area contributed by atoms with Gasteiger partial charge < -0.3 is 15.7 Å². The first kappa shape index (κ1) is 12.7. The van der Waals surface area contributed by atoms with E-state index in [9.17, 15) is 9.59 Å². The molecule has 2 rings (SSSR count). The van der Waals surface area contributed by atoms with Crippen LogP contribution in [0.2, 0.25) is 0 Å². The van der Waals surface area contributed by atoms with E-state index in [0.29, 0.717) is 5.69 Å². The van der Waals surface area contributed by atoms with E-state index in [1.54, 1.807) is 24.3 Å². The van der Waals surface area contributed by atoms with Gasteiger partial charge in [-0.3, -0.25) is 9.55 Å². The zero-order valence-corrected chi connectivity index (χ0v) is 10.5. The predicted molar refractivity (Wildman–Crippen MR) is 72.1 cm³/mol. The second kappa shape index (κ2) is 4.52. The van der Waals surface area contributed by atoms with E-state index in [0.717, 1.165) is 10.3 Å². The Kier molecular flexibility index (Phi) is 3.04. The Balaban J connectivity index is 2.59. The fraction of sp³-hybridized carbons (Fsp3) is 0.167. The van der Waals surface area contributed by atoms with E-state index in [1.165, 1.54) is 0 Å². The van der Waals surface area contributed by atoms with Gasteiger partial charge in [-0.15, -0.1) is 0 Å². The van der Waals surface area contributed by atoms with Crippen LogP contribution >= 0.6 is 0 Å². The average Bonchev–Trinajstić information content (AvgIpc) is 2.64. The van der Waals surface area contributed by atoms with E-state index < -0.39 is 11.7 Å². The number of rotatable bonds is 3. The molecule has 7 nitrogen and oxygen atoms in total. The molecule has 0 bridgehead atoms. The third kappa shape index (κ3) is 2.17. The SMILES string of the molecule is CN(C)c1ccc(-n2c(C(=O)O)c(N)[nH]c2=O)cc1. The van der Waals surface area contributed by atoms with Crippen LogP contribution in [0.4, 0.5) is 11.5 Å². The summed E-state index contributed by atoms with van der Waals surface area (Å²) < 4.78 is 1.04. The first-order chi connectivity index (χ1) is 8.91. The fourth-order valence-corrected chi connectivity index (χ4v) is 1.81. The van der Waals surface area contributed by atoms with Crippen molar-refractivity contribution in [2.75, 3.05) is 24.7 Å². The molecule has 0 saturated carbocycles. The third-order valence-electron chi connectivity index (χ3n) is 2.75. The zero-order valence-electron chi connectivity index (χ0n) is 10.5. The van der Waals surface area contributed by atoms with E-state index >= 15 is 0 Å². The van der Waals surface area contributed by atoms with Crippen LogP contribution in [-0.4, -0.2) is 34.7 Å². The highest BCUT2D eigenvalue weighted by Gasteiger charge is 2.19. The minimum absolute atomic E-state index is 0.158. The molecule has 0 aliphatic carbocycles. The van der Waals surface area contributed by atoms with Gasteiger partial charge in [0, 0.05) is 19.8 Å². The number of carbonyl (C=O) groups is 1. The van der Waals surface area contributed by atoms with Crippen molar-refractivity contribution in [3.05, 3.63) is 40.4 Å². The number of carboxylic acid groups (broad SMARTS) is 1. The van der Waals surface area contributed by atoms with E-state index in [1.807, 2.05) is 19.0 Å². The molecule has 2 aromatic rings. The summed E-state index contributed by atoms with van der Waals surface area (Å²) in [5.41, 5.74) is 6.04. The molecule has 1 aromatic carbocycles. The molecule has 0 aliphatic heterocycles. The summed E-state index contributed by atoms with van der Waals surface area (Å²) in [5, 5.41) is 9.10. The molecule has 0 amide bonds. The number of nitrogens with two attached hydrogens (primary N) is 1. The summed E-state index contributed by atoms with van der Waals surface area (Å²) in [6, 6.07) is 6.90. The maximum Gasteiger partial charge on any atom is 0.356 e. The highest BCUT2D eigenvalue weighted by molar-refractivity contribution is 5.91. The molecule has 0 fully saturated rings. The molecule has 0 aliphatic rings. The fourth-order valence-electron chi connectivity index (χ4n) is 1.81. The maximum absolute atomic E-state index is 11.7. The van der Waals surface area contributed by atoms with Gasteiger partial charge in [0.1, 0.15) is 5.82 Å². The van der Waals surface area contributed by atoms with Crippen LogP contribution in [0.15, 0.2) is 29.1 Å². The third-order valence-corrected chi connectivity index (χ3v) is 2.75. The van der Waals surface area contributed by atoms with E-state index in [4.69, 9.17) is 10.8 Å². The topological polar surface area (TPSA) is 104 Å². The van der Waals surface area contributed by atoms with Crippen molar-refractivity contribution >= 4 is 17.5 Å². The van der Waals surface area contributed by atoms with Gasteiger partial charge in [0.25, 0.3) is 0 Å². The Labute approximate surface area is 108 Å². The van der Waals surface area contributed by atoms with Crippen molar-refractivity contribution in [1.82, 2.24) is 9.55 Å². The summed E-state index contributed by atoms with van der Waals surface area (Å²) in [7, 11) is 3.77. The van der Waals surface area contributed by atoms with Gasteiger partial charge in [-0.2, -0.15) is 0 Å². The Morgan fingerprint density at radius 2 is 1.89 bits per heavy atom. The zero-order chi connectivity index (χ0) is 14.2. The number of nitrogen functional groups attached to an aromatic ring is 1. The molecule has 0 radical (unpaired) electrons. The maximum atomic E-state index is 11.7. The lowest BCUT2D eigenvalue weighted by atomic mass is 10.2. The Morgan fingerprint density at radius 3 is 2.37 bits per heavy atom. The molecular weight excluding hydrogens is 248 g/mol. The Bertz CT molecular complexity index is 667. The van der Waals surface area contributed by atoms with Gasteiger partial charge in [0.15, 0.2) is 5.69 Å². The van der Waals surface area contributed by atoms with Crippen molar-refractivity contribution < 1.29 is 9.90 Å². The van der Waals surface area contributed by atoms with Crippen LogP contribution in [0.3, 0.4) is 0 Å². The molecule has 0 spiro atoms. The summed E-state index contributed by atoms with van der Waals surface area (Å²) in [5.74, 6) is -1.42. The van der Waals surface area contributed by atoms with Gasteiger partial charge >= 0.3 is 11.7 Å². The molecule has 100 valence electrons. The van der Waals surface area contributed by atoms with Gasteiger partial charge in [-0.1, -0.05) is 0 Å². The molecule has 0 atom stereocenters. The normalized spacial score (nSPS) is 10.4. The van der Waals surface area contributed by atoms with Gasteiger partial charge in [0.05, 0.1) is 5.69 Å². The lowest BCUT2D eigenvalue weighted by molar-refractivity contribution is 0.0689. The monoisotopic (exact) mass is 262 g/mol. The van der Waals surface area contributed by atoms with Crippen molar-refractivity contribution in [3.63, 3.8) is 0 Å². The number of imidazole rings is 1. The molecule has 4 N–H and O–H groups in total. The van der Waals surface area contributed by atoms with E-state index in [2.05, 4.69) is 4.98 Å². The van der Waals surface area contributed by atoms with Crippen molar-refractivity contribution in [2.24, 2.45) is 0 Å². The first-order valence-corrected chi connectivity index (χ1v) is 5.53. The Hall–Kier alpha value is -2.70. The summed E-state index contributed by atoms with van der Waals surface area (Å²) >= 11 is 0. The molecule has 0 saturated heterocycles. The first-order valence-electron chi connectivity index (χ1n) is 5.53. The van der Waals surface area contributed by atoms with Crippen molar-refractivity contribution in [2.45, 2.75) is 0 Å². The molecule has 7 heteroatoms. The van der Waals surface area contributed by atoms with Crippen LogP contribution in [0, 0.1) is 0 Å². The smallest absolute Gasteiger partial charge is 0.356 e. The van der Waals surface area contributed by atoms with Crippen LogP contribution in [0.1, 0.15) is 10.5 Å². The molecule has 1 aromatic heterocycles. The summed E-state index contributed by atoms with van der Waals surface area (Å²) in [6.07, 6.45) is 0. The van der Waals surface area contributed by atoms with Gasteiger partial charge in [-0.25, -0.2) is 9.59 Å². The molecular formula is C12H14N4O3. The Morgan fingerprint density at radius 1 is 1.32 bits per heavy atom. The van der Waals surface area contributed by atoms with Crippen LogP contribution in [0.5, 0.6) is 0 Å². The lowest BCUT2D eigenvalue weighted by Gasteiger charge is -2.13. The molecule has 1 heterocycles. The average molecular weight is 262 g/mol. The van der Waals surface area contributed by atoms with E-state index in [-0.39, 0.29) is 11.5 Å². The number of anilines is 2. The number of H-pyrrole nitrogens is 1. The summed E-state index contributed by atoms with van der Waals surface area (Å²) in [4.78, 5) is 27.1. The van der Waals surface area contributed by atoms with Gasteiger partial charge in [0.2, 0.25) is 0 Å². The van der Waals surface area contributed by atoms with Crippen molar-refractivity contribution in [3.8, 4) is 5.69 Å². The van der Waals surface area contributed by atoms with Crippen LogP contribution < -0.4 is 16.3 Å². The van der Waals surface area contributed by atoms with Crippen LogP contribution in [-0.2, 0) is 0 Å².